The highest BCUT2D eigenvalue weighted by Crippen LogP contribution is 2.43. The van der Waals surface area contributed by atoms with E-state index >= 15 is 0 Å². The van der Waals surface area contributed by atoms with Crippen molar-refractivity contribution in [1.29, 1.82) is 0 Å². The molecule has 1 aromatic carbocycles. The van der Waals surface area contributed by atoms with Crippen molar-refractivity contribution in [3.05, 3.63) is 87.7 Å². The van der Waals surface area contributed by atoms with Gasteiger partial charge in [0.05, 0.1) is 31.5 Å². The number of para-hydroxylation sites is 1. The topological polar surface area (TPSA) is 80.0 Å². The highest BCUT2D eigenvalue weighted by atomic mass is 32.1. The van der Waals surface area contributed by atoms with Crippen LogP contribution in [0.4, 0.5) is 0 Å². The van der Waals surface area contributed by atoms with Crippen LogP contribution in [-0.4, -0.2) is 28.8 Å². The number of furan rings is 1. The molecule has 0 saturated carbocycles. The molecule has 3 heterocycles. The lowest BCUT2D eigenvalue weighted by Crippen LogP contribution is -2.30. The number of Topliss-reactive ketones (excluding diaryl/α,β-unsaturated/α-hetero) is 1. The van der Waals surface area contributed by atoms with Gasteiger partial charge >= 0.3 is 0 Å². The number of carbonyl (C=O) groups excluding carboxylic acids is 2. The van der Waals surface area contributed by atoms with Gasteiger partial charge < -0.3 is 19.2 Å². The third-order valence-electron chi connectivity index (χ3n) is 4.63. The molecule has 1 amide bonds. The smallest absolute Gasteiger partial charge is 0.290 e. The van der Waals surface area contributed by atoms with E-state index in [1.165, 1.54) is 35.7 Å². The van der Waals surface area contributed by atoms with Crippen LogP contribution < -0.4 is 4.74 Å². The van der Waals surface area contributed by atoms with Gasteiger partial charge in [-0.15, -0.1) is 11.3 Å². The van der Waals surface area contributed by atoms with Crippen LogP contribution >= 0.6 is 11.3 Å². The lowest BCUT2D eigenvalue weighted by atomic mass is 9.94. The third-order valence-corrected chi connectivity index (χ3v) is 5.49. The predicted octanol–water partition coefficient (Wildman–Crippen LogP) is 4.13. The molecule has 28 heavy (non-hydrogen) atoms. The van der Waals surface area contributed by atoms with Crippen LogP contribution in [0.2, 0.25) is 0 Å². The van der Waals surface area contributed by atoms with Gasteiger partial charge in [0.25, 0.3) is 5.91 Å². The average Bonchev–Trinajstić information content (AvgIpc) is 3.46. The molecule has 142 valence electrons. The summed E-state index contributed by atoms with van der Waals surface area (Å²) in [6.07, 6.45) is 1.38. The molecule has 0 radical (unpaired) electrons. The monoisotopic (exact) mass is 395 g/mol. The molecule has 6 nitrogen and oxygen atoms in total. The molecule has 1 aliphatic heterocycles. The highest BCUT2D eigenvalue weighted by molar-refractivity contribution is 7.09. The molecule has 1 unspecified atom stereocenters. The number of nitrogens with zero attached hydrogens (tertiary/aromatic N) is 1. The second-order valence-electron chi connectivity index (χ2n) is 6.23. The van der Waals surface area contributed by atoms with Crippen LogP contribution in [0.25, 0.3) is 0 Å². The van der Waals surface area contributed by atoms with E-state index < -0.39 is 23.5 Å². The Morgan fingerprint density at radius 3 is 2.71 bits per heavy atom. The maximum atomic E-state index is 13.1. The number of rotatable bonds is 6. The summed E-state index contributed by atoms with van der Waals surface area (Å²) in [5, 5.41) is 12.5. The Balaban J connectivity index is 1.84. The summed E-state index contributed by atoms with van der Waals surface area (Å²) >= 11 is 1.50. The summed E-state index contributed by atoms with van der Waals surface area (Å²) in [4.78, 5) is 28.4. The summed E-state index contributed by atoms with van der Waals surface area (Å²) in [5.74, 6) is -1.10. The van der Waals surface area contributed by atoms with Crippen LogP contribution in [0, 0.1) is 0 Å². The van der Waals surface area contributed by atoms with Gasteiger partial charge in [-0.3, -0.25) is 9.59 Å². The molecule has 0 aliphatic carbocycles. The van der Waals surface area contributed by atoms with Crippen molar-refractivity contribution in [2.24, 2.45) is 0 Å². The van der Waals surface area contributed by atoms with Gasteiger partial charge in [0, 0.05) is 10.4 Å². The minimum absolute atomic E-state index is 0.0130. The second kappa shape index (κ2) is 7.36. The number of thiophene rings is 1. The Morgan fingerprint density at radius 1 is 1.21 bits per heavy atom. The standard InChI is InChI=1S/C21H17NO5S/c1-26-15-8-3-2-7-14(15)18-17(19(23)16-9-4-10-27-16)20(24)21(25)22(18)12-13-6-5-11-28-13/h2-11,18,24H,12H2,1H3. The van der Waals surface area contributed by atoms with Crippen molar-refractivity contribution < 1.29 is 23.8 Å². The minimum Gasteiger partial charge on any atom is -0.503 e. The molecule has 0 spiro atoms. The average molecular weight is 395 g/mol. The number of ketones is 1. The van der Waals surface area contributed by atoms with E-state index in [1.54, 1.807) is 30.3 Å². The van der Waals surface area contributed by atoms with Crippen molar-refractivity contribution >= 4 is 23.0 Å². The maximum Gasteiger partial charge on any atom is 0.290 e. The first kappa shape index (κ1) is 18.1. The number of benzene rings is 1. The number of aliphatic hydroxyl groups excluding tert-OH is 1. The summed E-state index contributed by atoms with van der Waals surface area (Å²) in [5.41, 5.74) is 0.606. The van der Waals surface area contributed by atoms with Crippen molar-refractivity contribution in [2.75, 3.05) is 7.11 Å². The van der Waals surface area contributed by atoms with Crippen LogP contribution in [0.15, 0.2) is 75.9 Å². The van der Waals surface area contributed by atoms with Crippen LogP contribution in [0.1, 0.15) is 27.0 Å². The first-order valence-corrected chi connectivity index (χ1v) is 9.47. The van der Waals surface area contributed by atoms with Gasteiger partial charge in [0.2, 0.25) is 5.78 Å². The number of aliphatic hydroxyl groups is 1. The largest absolute Gasteiger partial charge is 0.503 e. The number of methoxy groups -OCH3 is 1. The van der Waals surface area contributed by atoms with Crippen LogP contribution in [0.3, 0.4) is 0 Å². The summed E-state index contributed by atoms with van der Waals surface area (Å²) in [6, 6.07) is 13.2. The van der Waals surface area contributed by atoms with E-state index in [1.807, 2.05) is 17.5 Å². The zero-order valence-corrected chi connectivity index (χ0v) is 15.8. The number of carbonyl (C=O) groups is 2. The van der Waals surface area contributed by atoms with Crippen LogP contribution in [0.5, 0.6) is 5.75 Å². The fourth-order valence-electron chi connectivity index (χ4n) is 3.38. The molecule has 1 aliphatic rings. The molecule has 1 atom stereocenters. The van der Waals surface area contributed by atoms with Crippen molar-refractivity contribution in [1.82, 2.24) is 4.90 Å². The zero-order valence-electron chi connectivity index (χ0n) is 15.0. The first-order valence-electron chi connectivity index (χ1n) is 8.59. The van der Waals surface area contributed by atoms with Gasteiger partial charge in [-0.2, -0.15) is 0 Å². The predicted molar refractivity (Wildman–Crippen MR) is 103 cm³/mol. The molecule has 7 heteroatoms. The molecule has 4 rings (SSSR count). The van der Waals surface area contributed by atoms with Gasteiger partial charge in [-0.25, -0.2) is 0 Å². The zero-order chi connectivity index (χ0) is 19.7. The second-order valence-corrected chi connectivity index (χ2v) is 7.26. The van der Waals surface area contributed by atoms with E-state index in [0.717, 1.165) is 4.88 Å². The van der Waals surface area contributed by atoms with E-state index in [0.29, 0.717) is 11.3 Å². The first-order chi connectivity index (χ1) is 13.6. The fraction of sp³-hybridized carbons (Fsp3) is 0.143. The Labute approximate surface area is 165 Å². The third kappa shape index (κ3) is 2.99. The number of hydrogen-bond acceptors (Lipinski definition) is 6. The lowest BCUT2D eigenvalue weighted by Gasteiger charge is -2.27. The van der Waals surface area contributed by atoms with Crippen molar-refractivity contribution in [3.8, 4) is 5.75 Å². The molecular formula is C21H17NO5S. The maximum absolute atomic E-state index is 13.1. The Kier molecular flexibility index (Phi) is 4.75. The molecule has 0 bridgehead atoms. The van der Waals surface area contributed by atoms with Gasteiger partial charge in [-0.05, 0) is 29.6 Å². The highest BCUT2D eigenvalue weighted by Gasteiger charge is 2.45. The van der Waals surface area contributed by atoms with Gasteiger partial charge in [-0.1, -0.05) is 24.3 Å². The molecular weight excluding hydrogens is 378 g/mol. The molecule has 2 aromatic heterocycles. The van der Waals surface area contributed by atoms with E-state index in [4.69, 9.17) is 9.15 Å². The minimum atomic E-state index is -0.789. The van der Waals surface area contributed by atoms with E-state index in [-0.39, 0.29) is 17.9 Å². The summed E-state index contributed by atoms with van der Waals surface area (Å²) < 4.78 is 10.7. The van der Waals surface area contributed by atoms with Gasteiger partial charge in [0.15, 0.2) is 11.5 Å². The number of amides is 1. The normalized spacial score (nSPS) is 16.7. The Morgan fingerprint density at radius 2 is 2.04 bits per heavy atom. The molecule has 0 saturated heterocycles. The summed E-state index contributed by atoms with van der Waals surface area (Å²) in [6.45, 7) is 0.262. The van der Waals surface area contributed by atoms with Crippen molar-refractivity contribution in [2.45, 2.75) is 12.6 Å². The fourth-order valence-corrected chi connectivity index (χ4v) is 4.08. The lowest BCUT2D eigenvalue weighted by molar-refractivity contribution is -0.130. The van der Waals surface area contributed by atoms with E-state index in [9.17, 15) is 14.7 Å². The number of hydrogen-bond donors (Lipinski definition) is 1. The Hall–Kier alpha value is -3.32. The summed E-state index contributed by atoms with van der Waals surface area (Å²) in [7, 11) is 1.52. The number of ether oxygens (including phenoxy) is 1. The van der Waals surface area contributed by atoms with Gasteiger partial charge in [0.1, 0.15) is 5.75 Å². The SMILES string of the molecule is COc1ccccc1C1C(C(=O)c2ccco2)=C(O)C(=O)N1Cc1cccs1. The molecule has 0 fully saturated rings. The Bertz CT molecular complexity index is 1040. The van der Waals surface area contributed by atoms with E-state index in [2.05, 4.69) is 0 Å². The van der Waals surface area contributed by atoms with Crippen LogP contribution in [-0.2, 0) is 11.3 Å². The van der Waals surface area contributed by atoms with Crippen molar-refractivity contribution in [3.63, 3.8) is 0 Å². The molecule has 1 N–H and O–H groups in total. The quantitative estimate of drug-likeness (QED) is 0.635. The molecule has 3 aromatic rings.